The summed E-state index contributed by atoms with van der Waals surface area (Å²) >= 11 is 0. The first kappa shape index (κ1) is 17.5. The van der Waals surface area contributed by atoms with Gasteiger partial charge in [0.2, 0.25) is 0 Å². The Bertz CT molecular complexity index is 782. The van der Waals surface area contributed by atoms with E-state index in [1.54, 1.807) is 0 Å². The Balaban J connectivity index is 2.70. The molecule has 0 aliphatic carbocycles. The van der Waals surface area contributed by atoms with Gasteiger partial charge in [-0.25, -0.2) is 4.79 Å². The van der Waals surface area contributed by atoms with Crippen LogP contribution in [0.15, 0.2) is 36.4 Å². The molecule has 7 heteroatoms. The van der Waals surface area contributed by atoms with E-state index in [0.717, 1.165) is 19.2 Å². The fourth-order valence-corrected chi connectivity index (χ4v) is 2.34. The third-order valence-electron chi connectivity index (χ3n) is 3.42. The Morgan fingerprint density at radius 1 is 1.12 bits per heavy atom. The smallest absolute Gasteiger partial charge is 0.417 e. The maximum atomic E-state index is 13.3. The molecule has 0 saturated carbocycles. The summed E-state index contributed by atoms with van der Waals surface area (Å²) in [5.74, 6) is -0.922. The van der Waals surface area contributed by atoms with Crippen molar-refractivity contribution in [3.05, 3.63) is 53.1 Å². The summed E-state index contributed by atoms with van der Waals surface area (Å²) in [6.07, 6.45) is -4.19. The third-order valence-corrected chi connectivity index (χ3v) is 3.42. The Hall–Kier alpha value is -2.83. The normalized spacial score (nSPS) is 11.0. The van der Waals surface area contributed by atoms with E-state index in [1.807, 2.05) is 0 Å². The van der Waals surface area contributed by atoms with Gasteiger partial charge < -0.3 is 9.47 Å². The second-order valence-electron chi connectivity index (χ2n) is 4.80. The number of carbonyl (C=O) groups is 2. The quantitative estimate of drug-likeness (QED) is 0.625. The Labute approximate surface area is 135 Å². The molecule has 24 heavy (non-hydrogen) atoms. The predicted octanol–water partition coefficient (Wildman–Crippen LogP) is 3.98. The number of para-hydroxylation sites is 1. The molecular weight excluding hydrogens is 325 g/mol. The number of rotatable bonds is 4. The number of alkyl halides is 3. The van der Waals surface area contributed by atoms with E-state index in [2.05, 4.69) is 4.74 Å². The van der Waals surface area contributed by atoms with Gasteiger partial charge in [0.15, 0.2) is 6.29 Å². The average molecular weight is 338 g/mol. The van der Waals surface area contributed by atoms with Crippen LogP contribution in [0.1, 0.15) is 26.3 Å². The van der Waals surface area contributed by atoms with Crippen molar-refractivity contribution in [1.82, 2.24) is 0 Å². The highest BCUT2D eigenvalue weighted by Gasteiger charge is 2.36. The van der Waals surface area contributed by atoms with E-state index in [-0.39, 0.29) is 16.9 Å². The summed E-state index contributed by atoms with van der Waals surface area (Å²) in [6, 6.07) is 7.76. The van der Waals surface area contributed by atoms with E-state index in [4.69, 9.17) is 4.74 Å². The molecule has 2 rings (SSSR count). The van der Waals surface area contributed by atoms with Crippen LogP contribution >= 0.6 is 0 Å². The number of esters is 1. The van der Waals surface area contributed by atoms with Crippen LogP contribution in [0.3, 0.4) is 0 Å². The van der Waals surface area contributed by atoms with Crippen molar-refractivity contribution in [2.24, 2.45) is 0 Å². The van der Waals surface area contributed by atoms with Crippen LogP contribution in [0.25, 0.3) is 11.1 Å². The molecule has 0 fully saturated rings. The highest BCUT2D eigenvalue weighted by Crippen LogP contribution is 2.38. The second-order valence-corrected chi connectivity index (χ2v) is 4.80. The molecule has 0 bridgehead atoms. The fraction of sp³-hybridized carbons (Fsp3) is 0.176. The minimum atomic E-state index is -4.74. The zero-order valence-corrected chi connectivity index (χ0v) is 12.8. The van der Waals surface area contributed by atoms with E-state index in [1.165, 1.54) is 31.4 Å². The first-order valence-electron chi connectivity index (χ1n) is 6.75. The largest absolute Gasteiger partial charge is 0.495 e. The highest BCUT2D eigenvalue weighted by molar-refractivity contribution is 5.93. The molecule has 0 unspecified atom stereocenters. The number of ether oxygens (including phenoxy) is 2. The lowest BCUT2D eigenvalue weighted by Crippen LogP contribution is -2.14. The number of carbonyl (C=O) groups excluding carboxylic acids is 2. The Morgan fingerprint density at radius 2 is 1.83 bits per heavy atom. The molecule has 0 amide bonds. The van der Waals surface area contributed by atoms with Gasteiger partial charge in [-0.1, -0.05) is 18.2 Å². The van der Waals surface area contributed by atoms with Crippen LogP contribution < -0.4 is 4.74 Å². The van der Waals surface area contributed by atoms with Crippen LogP contribution in [-0.4, -0.2) is 26.5 Å². The zero-order chi connectivity index (χ0) is 17.9. The van der Waals surface area contributed by atoms with E-state index < -0.39 is 23.3 Å². The molecule has 0 heterocycles. The van der Waals surface area contributed by atoms with Crippen LogP contribution in [0, 0.1) is 0 Å². The number of hydrogen-bond donors (Lipinski definition) is 0. The molecule has 0 radical (unpaired) electrons. The predicted molar refractivity (Wildman–Crippen MR) is 80.2 cm³/mol. The second kappa shape index (κ2) is 6.74. The van der Waals surface area contributed by atoms with Gasteiger partial charge in [0.1, 0.15) is 5.75 Å². The summed E-state index contributed by atoms with van der Waals surface area (Å²) < 4.78 is 49.4. The maximum absolute atomic E-state index is 13.3. The van der Waals surface area contributed by atoms with Gasteiger partial charge in [0, 0.05) is 5.56 Å². The van der Waals surface area contributed by atoms with E-state index in [0.29, 0.717) is 11.8 Å². The average Bonchev–Trinajstić information content (AvgIpc) is 2.58. The summed E-state index contributed by atoms with van der Waals surface area (Å²) in [5.41, 5.74) is -1.02. The van der Waals surface area contributed by atoms with E-state index in [9.17, 15) is 22.8 Å². The fourth-order valence-electron chi connectivity index (χ4n) is 2.34. The van der Waals surface area contributed by atoms with Crippen LogP contribution in [0.5, 0.6) is 5.75 Å². The van der Waals surface area contributed by atoms with Crippen molar-refractivity contribution < 1.29 is 32.2 Å². The van der Waals surface area contributed by atoms with Crippen molar-refractivity contribution in [2.75, 3.05) is 14.2 Å². The summed E-state index contributed by atoms with van der Waals surface area (Å²) in [5, 5.41) is 0. The summed E-state index contributed by atoms with van der Waals surface area (Å²) in [4.78, 5) is 22.6. The van der Waals surface area contributed by atoms with Gasteiger partial charge in [0.05, 0.1) is 30.9 Å². The molecule has 0 saturated heterocycles. The molecule has 0 N–H and O–H groups in total. The van der Waals surface area contributed by atoms with Gasteiger partial charge in [-0.15, -0.1) is 0 Å². The number of methoxy groups -OCH3 is 2. The lowest BCUT2D eigenvalue weighted by Gasteiger charge is -2.15. The van der Waals surface area contributed by atoms with Crippen molar-refractivity contribution in [2.45, 2.75) is 6.18 Å². The Kier molecular flexibility index (Phi) is 4.92. The minimum Gasteiger partial charge on any atom is -0.495 e. The maximum Gasteiger partial charge on any atom is 0.417 e. The molecule has 0 spiro atoms. The van der Waals surface area contributed by atoms with Crippen molar-refractivity contribution in [3.63, 3.8) is 0 Å². The van der Waals surface area contributed by atoms with Gasteiger partial charge >= 0.3 is 12.1 Å². The van der Waals surface area contributed by atoms with Crippen LogP contribution in [0.2, 0.25) is 0 Å². The first-order chi connectivity index (χ1) is 11.3. The molecule has 2 aromatic carbocycles. The van der Waals surface area contributed by atoms with Gasteiger partial charge in [-0.2, -0.15) is 13.2 Å². The first-order valence-corrected chi connectivity index (χ1v) is 6.75. The summed E-state index contributed by atoms with van der Waals surface area (Å²) in [7, 11) is 2.33. The topological polar surface area (TPSA) is 52.6 Å². The molecule has 4 nitrogen and oxygen atoms in total. The van der Waals surface area contributed by atoms with Crippen molar-refractivity contribution in [3.8, 4) is 16.9 Å². The monoisotopic (exact) mass is 338 g/mol. The summed E-state index contributed by atoms with van der Waals surface area (Å²) in [6.45, 7) is 0. The molecule has 0 aromatic heterocycles. The van der Waals surface area contributed by atoms with E-state index >= 15 is 0 Å². The van der Waals surface area contributed by atoms with Crippen molar-refractivity contribution in [1.29, 1.82) is 0 Å². The minimum absolute atomic E-state index is 0.159. The van der Waals surface area contributed by atoms with Crippen LogP contribution in [-0.2, 0) is 10.9 Å². The van der Waals surface area contributed by atoms with Gasteiger partial charge in [-0.3, -0.25) is 4.79 Å². The molecule has 126 valence electrons. The molecule has 0 aliphatic rings. The molecule has 2 aromatic rings. The van der Waals surface area contributed by atoms with Gasteiger partial charge in [-0.05, 0) is 23.8 Å². The third kappa shape index (κ3) is 3.24. The van der Waals surface area contributed by atoms with Crippen LogP contribution in [0.4, 0.5) is 13.2 Å². The van der Waals surface area contributed by atoms with Gasteiger partial charge in [0.25, 0.3) is 0 Å². The number of halogens is 3. The number of benzene rings is 2. The Morgan fingerprint density at radius 3 is 2.38 bits per heavy atom. The molecular formula is C17H13F3O4. The number of aldehydes is 1. The SMILES string of the molecule is COC(=O)c1ccc(-c2cccc(C=O)c2OC)cc1C(F)(F)F. The molecule has 0 atom stereocenters. The number of hydrogen-bond acceptors (Lipinski definition) is 4. The molecule has 0 aliphatic heterocycles. The standard InChI is InChI=1S/C17H13F3O4/c1-23-15-11(9-21)4-3-5-12(15)10-6-7-13(16(22)24-2)14(8-10)17(18,19)20/h3-9H,1-2H3. The lowest BCUT2D eigenvalue weighted by atomic mass is 9.96. The lowest BCUT2D eigenvalue weighted by molar-refractivity contribution is -0.138. The zero-order valence-electron chi connectivity index (χ0n) is 12.8. The highest BCUT2D eigenvalue weighted by atomic mass is 19.4. The van der Waals surface area contributed by atoms with Crippen molar-refractivity contribution >= 4 is 12.3 Å².